The van der Waals surface area contributed by atoms with Crippen LogP contribution < -0.4 is 0 Å². The fourth-order valence-electron chi connectivity index (χ4n) is 1.75. The van der Waals surface area contributed by atoms with E-state index in [0.29, 0.717) is 5.56 Å². The molecule has 0 aromatic carbocycles. The molecule has 0 saturated carbocycles. The van der Waals surface area contributed by atoms with E-state index in [2.05, 4.69) is 4.98 Å². The third-order valence-corrected chi connectivity index (χ3v) is 3.64. The van der Waals surface area contributed by atoms with Crippen LogP contribution in [0, 0.1) is 0 Å². The maximum Gasteiger partial charge on any atom is 0.354 e. The number of amides is 1. The minimum atomic E-state index is -1.13. The van der Waals surface area contributed by atoms with Crippen molar-refractivity contribution in [2.45, 2.75) is 19.4 Å². The van der Waals surface area contributed by atoms with Crippen molar-refractivity contribution >= 4 is 23.6 Å². The molecule has 0 aliphatic rings. The second kappa shape index (κ2) is 7.13. The lowest BCUT2D eigenvalue weighted by atomic mass is 10.1. The largest absolute Gasteiger partial charge is 0.477 e. The van der Waals surface area contributed by atoms with Gasteiger partial charge in [-0.25, -0.2) is 9.78 Å². The van der Waals surface area contributed by atoms with Gasteiger partial charge in [0, 0.05) is 30.6 Å². The molecule has 1 atom stereocenters. The molecule has 0 aliphatic carbocycles. The van der Waals surface area contributed by atoms with Gasteiger partial charge in [-0.1, -0.05) is 6.92 Å². The minimum absolute atomic E-state index is 0.114. The Labute approximate surface area is 117 Å². The van der Waals surface area contributed by atoms with Crippen LogP contribution in [0.15, 0.2) is 18.3 Å². The first-order valence-corrected chi connectivity index (χ1v) is 7.36. The molecule has 1 heterocycles. The third-order valence-electron chi connectivity index (χ3n) is 2.92. The number of carbonyl (C=O) groups excluding carboxylic acids is 1. The molecule has 1 amide bonds. The predicted molar refractivity (Wildman–Crippen MR) is 75.8 cm³/mol. The van der Waals surface area contributed by atoms with Gasteiger partial charge >= 0.3 is 5.97 Å². The monoisotopic (exact) mass is 282 g/mol. The second-order valence-electron chi connectivity index (χ2n) is 4.17. The summed E-state index contributed by atoms with van der Waals surface area (Å²) in [4.78, 5) is 28.5. The van der Waals surface area contributed by atoms with Crippen LogP contribution in [-0.4, -0.2) is 52.0 Å². The van der Waals surface area contributed by atoms with Gasteiger partial charge in [-0.15, -0.1) is 0 Å². The summed E-state index contributed by atoms with van der Waals surface area (Å²) < 4.78 is 0. The van der Waals surface area contributed by atoms with Crippen molar-refractivity contribution in [3.05, 3.63) is 29.6 Å². The first-order chi connectivity index (χ1) is 9.01. The quantitative estimate of drug-likeness (QED) is 0.864. The first-order valence-electron chi connectivity index (χ1n) is 5.96. The van der Waals surface area contributed by atoms with Crippen LogP contribution in [0.3, 0.4) is 0 Å². The van der Waals surface area contributed by atoms with Crippen LogP contribution in [0.2, 0.25) is 0 Å². The molecule has 0 fully saturated rings. The number of nitrogens with zero attached hydrogens (tertiary/aromatic N) is 2. The summed E-state index contributed by atoms with van der Waals surface area (Å²) in [6.45, 7) is 2.03. The van der Waals surface area contributed by atoms with Gasteiger partial charge in [-0.3, -0.25) is 4.79 Å². The highest BCUT2D eigenvalue weighted by Gasteiger charge is 2.20. The Bertz CT molecular complexity index is 465. The highest BCUT2D eigenvalue weighted by molar-refractivity contribution is 7.98. The number of thioether (sulfide) groups is 1. The van der Waals surface area contributed by atoms with Crippen LogP contribution in [0.25, 0.3) is 0 Å². The molecule has 19 heavy (non-hydrogen) atoms. The Morgan fingerprint density at radius 1 is 1.53 bits per heavy atom. The normalized spacial score (nSPS) is 11.9. The maximum absolute atomic E-state index is 12.3. The van der Waals surface area contributed by atoms with Crippen molar-refractivity contribution in [1.29, 1.82) is 0 Å². The van der Waals surface area contributed by atoms with Gasteiger partial charge in [0.1, 0.15) is 5.69 Å². The smallest absolute Gasteiger partial charge is 0.354 e. The van der Waals surface area contributed by atoms with Crippen LogP contribution in [-0.2, 0) is 0 Å². The molecule has 6 heteroatoms. The molecule has 0 aliphatic heterocycles. The molecule has 1 unspecified atom stereocenters. The molecular weight excluding hydrogens is 264 g/mol. The second-order valence-corrected chi connectivity index (χ2v) is 5.08. The van der Waals surface area contributed by atoms with Crippen molar-refractivity contribution in [2.24, 2.45) is 0 Å². The summed E-state index contributed by atoms with van der Waals surface area (Å²) in [7, 11) is 1.74. The third kappa shape index (κ3) is 3.96. The van der Waals surface area contributed by atoms with Gasteiger partial charge in [-0.2, -0.15) is 11.8 Å². The number of rotatable bonds is 6. The molecule has 1 aromatic rings. The molecule has 1 aromatic heterocycles. The summed E-state index contributed by atoms with van der Waals surface area (Å²) in [6.07, 6.45) is 4.20. The van der Waals surface area contributed by atoms with Crippen LogP contribution >= 0.6 is 11.8 Å². The molecule has 0 saturated heterocycles. The summed E-state index contributed by atoms with van der Waals surface area (Å²) in [5, 5.41) is 8.88. The number of hydrogen-bond acceptors (Lipinski definition) is 4. The van der Waals surface area contributed by atoms with E-state index in [4.69, 9.17) is 5.11 Å². The summed E-state index contributed by atoms with van der Waals surface area (Å²) in [5.41, 5.74) is 0.242. The Kier molecular flexibility index (Phi) is 5.82. The van der Waals surface area contributed by atoms with E-state index >= 15 is 0 Å². The van der Waals surface area contributed by atoms with Gasteiger partial charge in [-0.05, 0) is 24.8 Å². The van der Waals surface area contributed by atoms with Crippen molar-refractivity contribution < 1.29 is 14.7 Å². The molecule has 0 spiro atoms. The zero-order valence-corrected chi connectivity index (χ0v) is 12.1. The average molecular weight is 282 g/mol. The van der Waals surface area contributed by atoms with Gasteiger partial charge in [0.15, 0.2) is 0 Å². The molecular formula is C13H18N2O3S. The SMILES string of the molecule is CCC(CSC)N(C)C(=O)c1ccnc(C(=O)O)c1. The van der Waals surface area contributed by atoms with Gasteiger partial charge in [0.2, 0.25) is 0 Å². The number of hydrogen-bond donors (Lipinski definition) is 1. The number of carbonyl (C=O) groups is 2. The first kappa shape index (κ1) is 15.5. The molecule has 0 radical (unpaired) electrons. The maximum atomic E-state index is 12.3. The van der Waals surface area contributed by atoms with Gasteiger partial charge in [0.05, 0.1) is 0 Å². The van der Waals surface area contributed by atoms with E-state index in [1.54, 1.807) is 23.7 Å². The van der Waals surface area contributed by atoms with Crippen LogP contribution in [0.1, 0.15) is 34.2 Å². The fourth-order valence-corrected chi connectivity index (χ4v) is 2.59. The lowest BCUT2D eigenvalue weighted by molar-refractivity contribution is 0.0690. The van der Waals surface area contributed by atoms with Crippen molar-refractivity contribution in [3.8, 4) is 0 Å². The summed E-state index contributed by atoms with van der Waals surface area (Å²) >= 11 is 1.68. The van der Waals surface area contributed by atoms with Crippen molar-refractivity contribution in [2.75, 3.05) is 19.1 Å². The topological polar surface area (TPSA) is 70.5 Å². The molecule has 1 N–H and O–H groups in total. The van der Waals surface area contributed by atoms with Crippen molar-refractivity contribution in [1.82, 2.24) is 9.88 Å². The van der Waals surface area contributed by atoms with Crippen molar-refractivity contribution in [3.63, 3.8) is 0 Å². The molecule has 5 nitrogen and oxygen atoms in total. The van der Waals surface area contributed by atoms with E-state index in [1.165, 1.54) is 18.3 Å². The molecule has 1 rings (SSSR count). The highest BCUT2D eigenvalue weighted by atomic mass is 32.2. The number of carboxylic acids is 1. The Hall–Kier alpha value is -1.56. The fraction of sp³-hybridized carbons (Fsp3) is 0.462. The van der Waals surface area contributed by atoms with Gasteiger partial charge < -0.3 is 10.0 Å². The van der Waals surface area contributed by atoms with E-state index in [9.17, 15) is 9.59 Å². The van der Waals surface area contributed by atoms with Crippen LogP contribution in [0.4, 0.5) is 0 Å². The van der Waals surface area contributed by atoms with Gasteiger partial charge in [0.25, 0.3) is 5.91 Å². The zero-order chi connectivity index (χ0) is 14.4. The van der Waals surface area contributed by atoms with Crippen LogP contribution in [0.5, 0.6) is 0 Å². The zero-order valence-electron chi connectivity index (χ0n) is 11.3. The standard InChI is InChI=1S/C13H18N2O3S/c1-4-10(8-19-3)15(2)12(16)9-5-6-14-11(7-9)13(17)18/h5-7,10H,4,8H2,1-3H3,(H,17,18). The lowest BCUT2D eigenvalue weighted by Gasteiger charge is -2.26. The van der Waals surface area contributed by atoms with E-state index in [0.717, 1.165) is 12.2 Å². The Morgan fingerprint density at radius 2 is 2.21 bits per heavy atom. The summed E-state index contributed by atoms with van der Waals surface area (Å²) in [5.74, 6) is -0.449. The lowest BCUT2D eigenvalue weighted by Crippen LogP contribution is -2.38. The molecule has 104 valence electrons. The number of aromatic nitrogens is 1. The number of pyridine rings is 1. The predicted octanol–water partition coefficient (Wildman–Crippen LogP) is 1.99. The summed E-state index contributed by atoms with van der Waals surface area (Å²) in [6, 6.07) is 2.99. The Morgan fingerprint density at radius 3 is 2.74 bits per heavy atom. The number of aromatic carboxylic acids is 1. The molecule has 0 bridgehead atoms. The number of carboxylic acid groups (broad SMARTS) is 1. The van der Waals surface area contributed by atoms with E-state index in [-0.39, 0.29) is 17.6 Å². The minimum Gasteiger partial charge on any atom is -0.477 e. The highest BCUT2D eigenvalue weighted by Crippen LogP contribution is 2.13. The van der Waals surface area contributed by atoms with E-state index < -0.39 is 5.97 Å². The Balaban J connectivity index is 2.92. The average Bonchev–Trinajstić information content (AvgIpc) is 2.43. The van der Waals surface area contributed by atoms with E-state index in [1.807, 2.05) is 13.2 Å².